The lowest BCUT2D eigenvalue weighted by atomic mass is 9.99. The van der Waals surface area contributed by atoms with Gasteiger partial charge in [0.25, 0.3) is 0 Å². The van der Waals surface area contributed by atoms with Gasteiger partial charge in [-0.25, -0.2) is 4.99 Å². The number of aliphatic imine (C=N–C) groups is 1. The van der Waals surface area contributed by atoms with E-state index in [4.69, 9.17) is 5.26 Å². The molecular formula is C25H26F3N5. The number of nitrogens with zero attached hydrogens (tertiary/aromatic N) is 5. The summed E-state index contributed by atoms with van der Waals surface area (Å²) in [6, 6.07) is 9.19. The van der Waals surface area contributed by atoms with E-state index in [1.807, 2.05) is 32.1 Å². The lowest BCUT2D eigenvalue weighted by Crippen LogP contribution is -2.43. The minimum absolute atomic E-state index is 0.0880. The van der Waals surface area contributed by atoms with Crippen LogP contribution in [0, 0.1) is 18.3 Å². The van der Waals surface area contributed by atoms with Crippen LogP contribution in [0.2, 0.25) is 0 Å². The van der Waals surface area contributed by atoms with Crippen molar-refractivity contribution in [2.45, 2.75) is 38.9 Å². The van der Waals surface area contributed by atoms with Gasteiger partial charge in [0.15, 0.2) is 0 Å². The Bertz CT molecular complexity index is 1070. The molecule has 1 aromatic heterocycles. The molecule has 0 saturated carbocycles. The standard InChI is InChI=1S/C25H26F3N5/c1-4-21(16-31-19(3)15-29)32-13-10-23(11-14-32)33(24-17-30-12-9-18(24)2)22-7-5-20(6-8-22)25(26,27)28/h4-9,12,16-17,23H,3,10-11,13-14H2,1-2H3/b21-4+,31-16?. The summed E-state index contributed by atoms with van der Waals surface area (Å²) in [7, 11) is 0. The Hall–Kier alpha value is -3.60. The highest BCUT2D eigenvalue weighted by Gasteiger charge is 2.31. The second kappa shape index (κ2) is 10.3. The molecule has 2 aromatic rings. The highest BCUT2D eigenvalue weighted by Crippen LogP contribution is 2.36. The molecule has 0 bridgehead atoms. The van der Waals surface area contributed by atoms with Gasteiger partial charge in [-0.2, -0.15) is 18.4 Å². The number of aryl methyl sites for hydroxylation is 1. The third-order valence-electron chi connectivity index (χ3n) is 5.72. The SMILES string of the molecule is C=C(C#N)N=C/C(=C\C)N1CCC(N(c2ccc(C(F)(F)F)cc2)c2cnccc2C)CC1. The maximum Gasteiger partial charge on any atom is 0.416 e. The summed E-state index contributed by atoms with van der Waals surface area (Å²) < 4.78 is 39.2. The molecule has 0 atom stereocenters. The smallest absolute Gasteiger partial charge is 0.370 e. The number of benzene rings is 1. The zero-order valence-electron chi connectivity index (χ0n) is 18.7. The Morgan fingerprint density at radius 2 is 1.91 bits per heavy atom. The second-order valence-corrected chi connectivity index (χ2v) is 7.83. The van der Waals surface area contributed by atoms with Crippen molar-refractivity contribution in [3.63, 3.8) is 0 Å². The number of anilines is 2. The Morgan fingerprint density at radius 1 is 1.24 bits per heavy atom. The number of halogens is 3. The molecule has 2 heterocycles. The topological polar surface area (TPSA) is 55.5 Å². The normalized spacial score (nSPS) is 15.5. The Morgan fingerprint density at radius 3 is 2.45 bits per heavy atom. The van der Waals surface area contributed by atoms with E-state index in [1.165, 1.54) is 12.1 Å². The monoisotopic (exact) mass is 453 g/mol. The summed E-state index contributed by atoms with van der Waals surface area (Å²) in [5, 5.41) is 8.86. The summed E-state index contributed by atoms with van der Waals surface area (Å²) in [6.07, 6.45) is 4.26. The molecule has 8 heteroatoms. The fourth-order valence-electron chi connectivity index (χ4n) is 3.96. The summed E-state index contributed by atoms with van der Waals surface area (Å²) in [5.41, 5.74) is 2.97. The number of rotatable bonds is 6. The first-order valence-corrected chi connectivity index (χ1v) is 10.7. The molecule has 1 aliphatic heterocycles. The van der Waals surface area contributed by atoms with E-state index < -0.39 is 11.7 Å². The highest BCUT2D eigenvalue weighted by molar-refractivity contribution is 5.79. The Balaban J connectivity index is 1.85. The first kappa shape index (κ1) is 24.1. The van der Waals surface area contributed by atoms with E-state index in [0.717, 1.165) is 55.0 Å². The first-order valence-electron chi connectivity index (χ1n) is 10.7. The Labute approximate surface area is 192 Å². The average molecular weight is 454 g/mol. The lowest BCUT2D eigenvalue weighted by molar-refractivity contribution is -0.137. The number of hydrogen-bond acceptors (Lipinski definition) is 5. The summed E-state index contributed by atoms with van der Waals surface area (Å²) in [6.45, 7) is 8.94. The summed E-state index contributed by atoms with van der Waals surface area (Å²) in [4.78, 5) is 12.6. The van der Waals surface area contributed by atoms with Crippen molar-refractivity contribution in [2.75, 3.05) is 18.0 Å². The number of allylic oxidation sites excluding steroid dienone is 3. The molecule has 1 fully saturated rings. The maximum atomic E-state index is 13.1. The van der Waals surface area contributed by atoms with Crippen LogP contribution >= 0.6 is 0 Å². The quantitative estimate of drug-likeness (QED) is 0.396. The van der Waals surface area contributed by atoms with Gasteiger partial charge in [0.05, 0.1) is 29.4 Å². The van der Waals surface area contributed by atoms with Crippen LogP contribution < -0.4 is 4.90 Å². The molecule has 1 saturated heterocycles. The number of pyridine rings is 1. The number of nitriles is 1. The van der Waals surface area contributed by atoms with Gasteiger partial charge in [0.1, 0.15) is 11.8 Å². The highest BCUT2D eigenvalue weighted by atomic mass is 19.4. The predicted molar refractivity (Wildman–Crippen MR) is 124 cm³/mol. The van der Waals surface area contributed by atoms with Crippen molar-refractivity contribution >= 4 is 17.6 Å². The fraction of sp³-hybridized carbons (Fsp3) is 0.320. The summed E-state index contributed by atoms with van der Waals surface area (Å²) >= 11 is 0. The summed E-state index contributed by atoms with van der Waals surface area (Å²) in [5.74, 6) is 0. The molecule has 1 aliphatic rings. The van der Waals surface area contributed by atoms with Gasteiger partial charge in [-0.05, 0) is 62.6 Å². The Kier molecular flexibility index (Phi) is 7.54. The third-order valence-corrected chi connectivity index (χ3v) is 5.72. The first-order chi connectivity index (χ1) is 15.7. The molecule has 0 spiro atoms. The average Bonchev–Trinajstić information content (AvgIpc) is 2.81. The van der Waals surface area contributed by atoms with Crippen LogP contribution in [0.25, 0.3) is 0 Å². The maximum absolute atomic E-state index is 13.1. The molecular weight excluding hydrogens is 427 g/mol. The van der Waals surface area contributed by atoms with Gasteiger partial charge in [0.2, 0.25) is 0 Å². The fourth-order valence-corrected chi connectivity index (χ4v) is 3.96. The van der Waals surface area contributed by atoms with Crippen molar-refractivity contribution in [1.82, 2.24) is 9.88 Å². The van der Waals surface area contributed by atoms with Crippen molar-refractivity contribution in [3.05, 3.63) is 77.9 Å². The number of aromatic nitrogens is 1. The minimum atomic E-state index is -4.37. The molecule has 33 heavy (non-hydrogen) atoms. The number of likely N-dealkylation sites (tertiary alicyclic amines) is 1. The van der Waals surface area contributed by atoms with Crippen LogP contribution in [0.1, 0.15) is 30.9 Å². The number of piperidine rings is 1. The van der Waals surface area contributed by atoms with E-state index in [0.29, 0.717) is 5.69 Å². The number of hydrogen-bond donors (Lipinski definition) is 0. The predicted octanol–water partition coefficient (Wildman–Crippen LogP) is 6.02. The van der Waals surface area contributed by atoms with Crippen LogP contribution in [-0.2, 0) is 6.18 Å². The van der Waals surface area contributed by atoms with Crippen LogP contribution in [-0.4, -0.2) is 35.2 Å². The van der Waals surface area contributed by atoms with Gasteiger partial charge >= 0.3 is 6.18 Å². The van der Waals surface area contributed by atoms with E-state index in [2.05, 4.69) is 26.4 Å². The zero-order chi connectivity index (χ0) is 24.0. The van der Waals surface area contributed by atoms with E-state index >= 15 is 0 Å². The van der Waals surface area contributed by atoms with Crippen molar-refractivity contribution in [1.29, 1.82) is 5.26 Å². The minimum Gasteiger partial charge on any atom is -0.370 e. The zero-order valence-corrected chi connectivity index (χ0v) is 18.7. The molecule has 5 nitrogen and oxygen atoms in total. The molecule has 172 valence electrons. The van der Waals surface area contributed by atoms with E-state index in [9.17, 15) is 13.2 Å². The number of alkyl halides is 3. The molecule has 0 aliphatic carbocycles. The van der Waals surface area contributed by atoms with Gasteiger partial charge in [-0.1, -0.05) is 12.7 Å². The van der Waals surface area contributed by atoms with E-state index in [1.54, 1.807) is 18.6 Å². The lowest BCUT2D eigenvalue weighted by Gasteiger charge is -2.41. The van der Waals surface area contributed by atoms with Crippen LogP contribution in [0.5, 0.6) is 0 Å². The molecule has 0 amide bonds. The van der Waals surface area contributed by atoms with Crippen LogP contribution in [0.15, 0.2) is 71.8 Å². The van der Waals surface area contributed by atoms with Crippen LogP contribution in [0.4, 0.5) is 24.5 Å². The molecule has 0 unspecified atom stereocenters. The molecule has 1 aromatic carbocycles. The largest absolute Gasteiger partial charge is 0.416 e. The van der Waals surface area contributed by atoms with Crippen molar-refractivity contribution < 1.29 is 13.2 Å². The molecule has 3 rings (SSSR count). The van der Waals surface area contributed by atoms with Crippen molar-refractivity contribution in [3.8, 4) is 6.07 Å². The second-order valence-electron chi connectivity index (χ2n) is 7.83. The van der Waals surface area contributed by atoms with Crippen LogP contribution in [0.3, 0.4) is 0 Å². The third kappa shape index (κ3) is 5.80. The molecule has 0 radical (unpaired) electrons. The molecule has 0 N–H and O–H groups in total. The van der Waals surface area contributed by atoms with Crippen molar-refractivity contribution in [2.24, 2.45) is 4.99 Å². The van der Waals surface area contributed by atoms with Gasteiger partial charge < -0.3 is 9.80 Å². The van der Waals surface area contributed by atoms with Gasteiger partial charge in [-0.3, -0.25) is 4.98 Å². The van der Waals surface area contributed by atoms with Gasteiger partial charge in [-0.15, -0.1) is 0 Å². The van der Waals surface area contributed by atoms with E-state index in [-0.39, 0.29) is 11.7 Å². The van der Waals surface area contributed by atoms with Gasteiger partial charge in [0, 0.05) is 31.0 Å².